The first-order chi connectivity index (χ1) is 9.63. The standard InChI is InChI=1S/C16H24BrN3/c1-11(2)20-9-12-4-3-5-13(10-20)16(12)19-14-6-7-15(17)18-8-14/h6-8,11-13,16,19H,3-5,9-10H2,1-2H3. The van der Waals surface area contributed by atoms with Crippen molar-refractivity contribution in [3.63, 3.8) is 0 Å². The van der Waals surface area contributed by atoms with Crippen LogP contribution in [-0.4, -0.2) is 35.1 Å². The number of nitrogens with one attached hydrogen (secondary N) is 1. The van der Waals surface area contributed by atoms with E-state index in [1.165, 1.54) is 32.4 Å². The van der Waals surface area contributed by atoms with Gasteiger partial charge < -0.3 is 10.2 Å². The van der Waals surface area contributed by atoms with Crippen molar-refractivity contribution in [1.29, 1.82) is 0 Å². The molecule has 110 valence electrons. The van der Waals surface area contributed by atoms with Crippen LogP contribution in [-0.2, 0) is 0 Å². The van der Waals surface area contributed by atoms with Gasteiger partial charge in [-0.2, -0.15) is 0 Å². The highest BCUT2D eigenvalue weighted by Crippen LogP contribution is 2.37. The third kappa shape index (κ3) is 3.01. The lowest BCUT2D eigenvalue weighted by atomic mass is 9.73. The molecule has 2 atom stereocenters. The van der Waals surface area contributed by atoms with E-state index in [0.29, 0.717) is 12.1 Å². The Morgan fingerprint density at radius 1 is 1.25 bits per heavy atom. The van der Waals surface area contributed by atoms with E-state index in [0.717, 1.165) is 22.1 Å². The minimum absolute atomic E-state index is 0.627. The lowest BCUT2D eigenvalue weighted by Crippen LogP contribution is -2.56. The normalized spacial score (nSPS) is 30.5. The fourth-order valence-corrected chi connectivity index (χ4v) is 4.02. The molecule has 0 amide bonds. The lowest BCUT2D eigenvalue weighted by Gasteiger charge is -2.49. The quantitative estimate of drug-likeness (QED) is 0.851. The van der Waals surface area contributed by atoms with Crippen LogP contribution in [0.25, 0.3) is 0 Å². The molecule has 3 rings (SSSR count). The number of likely N-dealkylation sites (tertiary alicyclic amines) is 1. The number of rotatable bonds is 3. The van der Waals surface area contributed by atoms with Crippen LogP contribution in [0.3, 0.4) is 0 Å². The monoisotopic (exact) mass is 337 g/mol. The first kappa shape index (κ1) is 14.3. The smallest absolute Gasteiger partial charge is 0.106 e. The Morgan fingerprint density at radius 3 is 2.50 bits per heavy atom. The van der Waals surface area contributed by atoms with E-state index >= 15 is 0 Å². The third-order valence-corrected chi connectivity index (χ3v) is 5.36. The van der Waals surface area contributed by atoms with Gasteiger partial charge in [0.25, 0.3) is 0 Å². The predicted molar refractivity (Wildman–Crippen MR) is 86.9 cm³/mol. The highest BCUT2D eigenvalue weighted by molar-refractivity contribution is 9.10. The van der Waals surface area contributed by atoms with Gasteiger partial charge in [-0.3, -0.25) is 0 Å². The number of hydrogen-bond acceptors (Lipinski definition) is 3. The average molecular weight is 338 g/mol. The van der Waals surface area contributed by atoms with Gasteiger partial charge in [0.2, 0.25) is 0 Å². The summed E-state index contributed by atoms with van der Waals surface area (Å²) >= 11 is 3.40. The molecule has 4 heteroatoms. The van der Waals surface area contributed by atoms with Gasteiger partial charge in [-0.05, 0) is 66.6 Å². The van der Waals surface area contributed by atoms with Crippen molar-refractivity contribution in [2.75, 3.05) is 18.4 Å². The molecule has 1 aromatic heterocycles. The Kier molecular flexibility index (Phi) is 4.32. The average Bonchev–Trinajstić information content (AvgIpc) is 2.40. The molecule has 1 N–H and O–H groups in total. The van der Waals surface area contributed by atoms with Gasteiger partial charge in [0.1, 0.15) is 4.60 Å². The number of piperidine rings is 1. The number of pyridine rings is 1. The van der Waals surface area contributed by atoms with Crippen LogP contribution < -0.4 is 5.32 Å². The molecule has 20 heavy (non-hydrogen) atoms. The fourth-order valence-electron chi connectivity index (χ4n) is 3.78. The number of fused-ring (bicyclic) bond motifs is 2. The molecule has 2 fully saturated rings. The summed E-state index contributed by atoms with van der Waals surface area (Å²) in [5.41, 5.74) is 1.16. The summed E-state index contributed by atoms with van der Waals surface area (Å²) in [7, 11) is 0. The van der Waals surface area contributed by atoms with Crippen LogP contribution in [0.1, 0.15) is 33.1 Å². The van der Waals surface area contributed by atoms with Crippen molar-refractivity contribution in [2.24, 2.45) is 11.8 Å². The number of halogens is 1. The van der Waals surface area contributed by atoms with Crippen molar-refractivity contribution in [1.82, 2.24) is 9.88 Å². The van der Waals surface area contributed by atoms with Crippen LogP contribution in [0, 0.1) is 11.8 Å². The zero-order valence-corrected chi connectivity index (χ0v) is 13.9. The molecule has 2 unspecified atom stereocenters. The Hall–Kier alpha value is -0.610. The van der Waals surface area contributed by atoms with Crippen LogP contribution in [0.4, 0.5) is 5.69 Å². The summed E-state index contributed by atoms with van der Waals surface area (Å²) in [6, 6.07) is 5.44. The topological polar surface area (TPSA) is 28.2 Å². The van der Waals surface area contributed by atoms with Crippen LogP contribution >= 0.6 is 15.9 Å². The third-order valence-electron chi connectivity index (χ3n) is 4.89. The second-order valence-electron chi connectivity index (χ2n) is 6.54. The second kappa shape index (κ2) is 6.02. The summed E-state index contributed by atoms with van der Waals surface area (Å²) in [6.45, 7) is 7.13. The van der Waals surface area contributed by atoms with Crippen LogP contribution in [0.5, 0.6) is 0 Å². The molecule has 0 radical (unpaired) electrons. The number of nitrogens with zero attached hydrogens (tertiary/aromatic N) is 2. The van der Waals surface area contributed by atoms with E-state index in [4.69, 9.17) is 0 Å². The van der Waals surface area contributed by atoms with Gasteiger partial charge in [0, 0.05) is 25.2 Å². The van der Waals surface area contributed by atoms with E-state index < -0.39 is 0 Å². The molecular weight excluding hydrogens is 314 g/mol. The Labute approximate surface area is 130 Å². The second-order valence-corrected chi connectivity index (χ2v) is 7.35. The highest BCUT2D eigenvalue weighted by Gasteiger charge is 2.39. The number of aromatic nitrogens is 1. The number of anilines is 1. The summed E-state index contributed by atoms with van der Waals surface area (Å²) < 4.78 is 0.901. The van der Waals surface area contributed by atoms with Gasteiger partial charge >= 0.3 is 0 Å². The van der Waals surface area contributed by atoms with Crippen molar-refractivity contribution in [3.8, 4) is 0 Å². The largest absolute Gasteiger partial charge is 0.380 e. The summed E-state index contributed by atoms with van der Waals surface area (Å²) in [6.07, 6.45) is 6.06. The Morgan fingerprint density at radius 2 is 1.95 bits per heavy atom. The molecule has 1 aliphatic carbocycles. The van der Waals surface area contributed by atoms with E-state index in [9.17, 15) is 0 Å². The van der Waals surface area contributed by atoms with Gasteiger partial charge in [-0.15, -0.1) is 0 Å². The molecular formula is C16H24BrN3. The SMILES string of the molecule is CC(C)N1CC2CCCC(C1)C2Nc1ccc(Br)nc1. The molecule has 1 saturated heterocycles. The first-order valence-electron chi connectivity index (χ1n) is 7.75. The minimum Gasteiger partial charge on any atom is -0.380 e. The zero-order valence-electron chi connectivity index (χ0n) is 12.3. The van der Waals surface area contributed by atoms with Gasteiger partial charge in [0.15, 0.2) is 0 Å². The maximum absolute atomic E-state index is 4.33. The van der Waals surface area contributed by atoms with Crippen LogP contribution in [0.15, 0.2) is 22.9 Å². The maximum atomic E-state index is 4.33. The Bertz CT molecular complexity index is 432. The maximum Gasteiger partial charge on any atom is 0.106 e. The molecule has 1 saturated carbocycles. The predicted octanol–water partition coefficient (Wildman–Crippen LogP) is 3.76. The zero-order chi connectivity index (χ0) is 14.1. The van der Waals surface area contributed by atoms with E-state index in [2.05, 4.69) is 51.0 Å². The molecule has 0 spiro atoms. The summed E-state index contributed by atoms with van der Waals surface area (Å²) in [4.78, 5) is 6.98. The lowest BCUT2D eigenvalue weighted by molar-refractivity contribution is 0.0518. The van der Waals surface area contributed by atoms with Gasteiger partial charge in [0.05, 0.1) is 11.9 Å². The van der Waals surface area contributed by atoms with Crippen molar-refractivity contribution in [3.05, 3.63) is 22.9 Å². The summed E-state index contributed by atoms with van der Waals surface area (Å²) in [5, 5.41) is 3.76. The summed E-state index contributed by atoms with van der Waals surface area (Å²) in [5.74, 6) is 1.57. The molecule has 2 heterocycles. The van der Waals surface area contributed by atoms with E-state index in [-0.39, 0.29) is 0 Å². The van der Waals surface area contributed by atoms with E-state index in [1.807, 2.05) is 12.3 Å². The van der Waals surface area contributed by atoms with Gasteiger partial charge in [-0.25, -0.2) is 4.98 Å². The highest BCUT2D eigenvalue weighted by atomic mass is 79.9. The van der Waals surface area contributed by atoms with E-state index in [1.54, 1.807) is 0 Å². The first-order valence-corrected chi connectivity index (χ1v) is 8.55. The molecule has 2 bridgehead atoms. The fraction of sp³-hybridized carbons (Fsp3) is 0.688. The molecule has 0 aromatic carbocycles. The van der Waals surface area contributed by atoms with Gasteiger partial charge in [-0.1, -0.05) is 6.42 Å². The molecule has 2 aliphatic rings. The van der Waals surface area contributed by atoms with Crippen LogP contribution in [0.2, 0.25) is 0 Å². The van der Waals surface area contributed by atoms with Crippen molar-refractivity contribution >= 4 is 21.6 Å². The Balaban J connectivity index is 1.72. The molecule has 1 aromatic rings. The minimum atomic E-state index is 0.627. The molecule has 3 nitrogen and oxygen atoms in total. The molecule has 1 aliphatic heterocycles. The van der Waals surface area contributed by atoms with Crippen molar-refractivity contribution in [2.45, 2.75) is 45.2 Å². The van der Waals surface area contributed by atoms with Crippen molar-refractivity contribution < 1.29 is 0 Å². The number of hydrogen-bond donors (Lipinski definition) is 1.